The first kappa shape index (κ1) is 23.6. The summed E-state index contributed by atoms with van der Waals surface area (Å²) in [5.41, 5.74) is 0.571. The molecule has 1 heterocycles. The maximum Gasteiger partial charge on any atom is 0.119 e. The molecule has 2 atom stereocenters. The molecule has 0 radical (unpaired) electrons. The lowest BCUT2D eigenvalue weighted by Gasteiger charge is -2.42. The van der Waals surface area contributed by atoms with Crippen molar-refractivity contribution in [2.24, 2.45) is 5.92 Å². The molecule has 0 spiro atoms. The Morgan fingerprint density at radius 2 is 1.63 bits per heavy atom. The zero-order valence-electron chi connectivity index (χ0n) is 19.5. The van der Waals surface area contributed by atoms with Crippen molar-refractivity contribution in [1.82, 2.24) is 9.80 Å². The molecule has 2 aliphatic rings. The van der Waals surface area contributed by atoms with Gasteiger partial charge in [0.2, 0.25) is 0 Å². The van der Waals surface area contributed by atoms with Crippen LogP contribution in [0.1, 0.15) is 69.8 Å². The molecule has 2 fully saturated rings. The molecule has 2 unspecified atom stereocenters. The highest BCUT2D eigenvalue weighted by atomic mass is 16.5. The van der Waals surface area contributed by atoms with Crippen molar-refractivity contribution in [2.45, 2.75) is 76.2 Å². The van der Waals surface area contributed by atoms with Crippen LogP contribution in [0.2, 0.25) is 0 Å². The lowest BCUT2D eigenvalue weighted by molar-refractivity contribution is -0.0480. The third-order valence-corrected chi connectivity index (χ3v) is 7.39. The van der Waals surface area contributed by atoms with Gasteiger partial charge in [-0.3, -0.25) is 0 Å². The van der Waals surface area contributed by atoms with E-state index in [-0.39, 0.29) is 0 Å². The number of benzene rings is 1. The Kier molecular flexibility index (Phi) is 9.48. The van der Waals surface area contributed by atoms with Gasteiger partial charge < -0.3 is 19.6 Å². The Balaban J connectivity index is 1.77. The van der Waals surface area contributed by atoms with E-state index in [1.54, 1.807) is 7.11 Å². The molecule has 0 aromatic heterocycles. The first-order valence-electron chi connectivity index (χ1n) is 12.4. The zero-order valence-corrected chi connectivity index (χ0v) is 19.5. The van der Waals surface area contributed by atoms with Gasteiger partial charge in [-0.2, -0.15) is 0 Å². The fraction of sp³-hybridized carbons (Fsp3) is 0.769. The molecule has 4 heteroatoms. The van der Waals surface area contributed by atoms with Gasteiger partial charge in [-0.15, -0.1) is 0 Å². The van der Waals surface area contributed by atoms with E-state index in [1.165, 1.54) is 50.5 Å². The van der Waals surface area contributed by atoms with E-state index in [9.17, 15) is 5.11 Å². The van der Waals surface area contributed by atoms with E-state index in [0.717, 1.165) is 64.2 Å². The van der Waals surface area contributed by atoms with Crippen LogP contribution in [0, 0.1) is 5.92 Å². The van der Waals surface area contributed by atoms with Gasteiger partial charge in [-0.1, -0.05) is 63.5 Å². The first-order chi connectivity index (χ1) is 14.6. The monoisotopic (exact) mass is 416 g/mol. The number of methoxy groups -OCH3 is 1. The van der Waals surface area contributed by atoms with Crippen molar-refractivity contribution in [3.8, 4) is 5.75 Å². The fourth-order valence-corrected chi connectivity index (χ4v) is 5.33. The number of likely N-dealkylation sites (N-methyl/N-ethyl adjacent to an activating group) is 1. The van der Waals surface area contributed by atoms with E-state index in [4.69, 9.17) is 4.74 Å². The van der Waals surface area contributed by atoms with Gasteiger partial charge in [-0.05, 0) is 37.6 Å². The summed E-state index contributed by atoms with van der Waals surface area (Å²) in [5.74, 6) is 1.23. The predicted octanol–water partition coefficient (Wildman–Crippen LogP) is 4.75. The number of rotatable bonds is 5. The average molecular weight is 417 g/mol. The van der Waals surface area contributed by atoms with Gasteiger partial charge in [0.25, 0.3) is 0 Å². The molecule has 3 rings (SSSR count). The SMILES string of the molecule is COc1cccc(CC2(O)CCCCCCCCCCC2CN2CCN(C)CC2)c1. The Morgan fingerprint density at radius 1 is 0.967 bits per heavy atom. The van der Waals surface area contributed by atoms with Crippen molar-refractivity contribution in [3.05, 3.63) is 29.8 Å². The van der Waals surface area contributed by atoms with Crippen LogP contribution in [-0.4, -0.2) is 67.4 Å². The summed E-state index contributed by atoms with van der Waals surface area (Å²) < 4.78 is 5.45. The van der Waals surface area contributed by atoms with Crippen LogP contribution >= 0.6 is 0 Å². The smallest absolute Gasteiger partial charge is 0.119 e. The van der Waals surface area contributed by atoms with Crippen molar-refractivity contribution in [3.63, 3.8) is 0 Å². The Hall–Kier alpha value is -1.10. The molecule has 0 bridgehead atoms. The summed E-state index contributed by atoms with van der Waals surface area (Å²) >= 11 is 0. The molecule has 170 valence electrons. The van der Waals surface area contributed by atoms with Gasteiger partial charge >= 0.3 is 0 Å². The van der Waals surface area contributed by atoms with Crippen LogP contribution in [0.4, 0.5) is 0 Å². The second-order valence-corrected chi connectivity index (χ2v) is 9.80. The summed E-state index contributed by atoms with van der Waals surface area (Å²) in [5, 5.41) is 12.1. The summed E-state index contributed by atoms with van der Waals surface area (Å²) in [6, 6.07) is 8.32. The lowest BCUT2D eigenvalue weighted by Crippen LogP contribution is -2.51. The van der Waals surface area contributed by atoms with Gasteiger partial charge in [0.05, 0.1) is 12.7 Å². The molecule has 4 nitrogen and oxygen atoms in total. The molecular weight excluding hydrogens is 372 g/mol. The fourth-order valence-electron chi connectivity index (χ4n) is 5.33. The normalized spacial score (nSPS) is 28.4. The highest BCUT2D eigenvalue weighted by Crippen LogP contribution is 2.34. The summed E-state index contributed by atoms with van der Waals surface area (Å²) in [4.78, 5) is 5.02. The van der Waals surface area contributed by atoms with Crippen molar-refractivity contribution in [2.75, 3.05) is 46.9 Å². The second kappa shape index (κ2) is 12.1. The molecule has 1 aliphatic heterocycles. The summed E-state index contributed by atoms with van der Waals surface area (Å²) in [6.45, 7) is 5.57. The van der Waals surface area contributed by atoms with Crippen molar-refractivity contribution in [1.29, 1.82) is 0 Å². The minimum Gasteiger partial charge on any atom is -0.497 e. The van der Waals surface area contributed by atoms with Crippen LogP contribution in [0.5, 0.6) is 5.75 Å². The molecule has 1 aromatic carbocycles. The van der Waals surface area contributed by atoms with Gasteiger partial charge in [0, 0.05) is 45.1 Å². The Labute approximate surface area is 184 Å². The van der Waals surface area contributed by atoms with E-state index in [1.807, 2.05) is 6.07 Å². The zero-order chi connectivity index (χ0) is 21.2. The Bertz CT molecular complexity index is 615. The summed E-state index contributed by atoms with van der Waals surface area (Å²) in [6.07, 6.45) is 13.2. The first-order valence-corrected chi connectivity index (χ1v) is 12.4. The van der Waals surface area contributed by atoms with Gasteiger partial charge in [0.15, 0.2) is 0 Å². The predicted molar refractivity (Wildman–Crippen MR) is 125 cm³/mol. The standard InChI is InChI=1S/C26H44N2O2/c1-27-16-18-28(19-17-27)22-24-13-9-7-5-3-4-6-8-10-15-26(24,29)21-23-12-11-14-25(20-23)30-2/h11-12,14,20,24,29H,3-10,13,15-19,21-22H2,1-2H3. The number of hydrogen-bond acceptors (Lipinski definition) is 4. The highest BCUT2D eigenvalue weighted by molar-refractivity contribution is 5.29. The quantitative estimate of drug-likeness (QED) is 0.752. The van der Waals surface area contributed by atoms with Crippen LogP contribution in [0.15, 0.2) is 24.3 Å². The van der Waals surface area contributed by atoms with Crippen LogP contribution in [0.3, 0.4) is 0 Å². The number of ether oxygens (including phenoxy) is 1. The van der Waals surface area contributed by atoms with E-state index in [2.05, 4.69) is 35.0 Å². The average Bonchev–Trinajstić information content (AvgIpc) is 2.74. The highest BCUT2D eigenvalue weighted by Gasteiger charge is 2.37. The number of piperazine rings is 1. The summed E-state index contributed by atoms with van der Waals surface area (Å²) in [7, 11) is 3.94. The number of aliphatic hydroxyl groups is 1. The van der Waals surface area contributed by atoms with E-state index in [0.29, 0.717) is 5.92 Å². The van der Waals surface area contributed by atoms with Crippen LogP contribution in [0.25, 0.3) is 0 Å². The minimum absolute atomic E-state index is 0.339. The molecule has 1 aromatic rings. The molecule has 1 N–H and O–H groups in total. The third kappa shape index (κ3) is 7.25. The van der Waals surface area contributed by atoms with E-state index < -0.39 is 5.60 Å². The number of hydrogen-bond donors (Lipinski definition) is 1. The Morgan fingerprint density at radius 3 is 2.33 bits per heavy atom. The van der Waals surface area contributed by atoms with Crippen molar-refractivity contribution < 1.29 is 9.84 Å². The maximum absolute atomic E-state index is 12.1. The molecule has 1 saturated heterocycles. The lowest BCUT2D eigenvalue weighted by atomic mass is 9.75. The van der Waals surface area contributed by atoms with E-state index >= 15 is 0 Å². The molecule has 1 aliphatic carbocycles. The van der Waals surface area contributed by atoms with Crippen LogP contribution in [-0.2, 0) is 6.42 Å². The number of nitrogens with zero attached hydrogens (tertiary/aromatic N) is 2. The third-order valence-electron chi connectivity index (χ3n) is 7.39. The van der Waals surface area contributed by atoms with Gasteiger partial charge in [0.1, 0.15) is 5.75 Å². The second-order valence-electron chi connectivity index (χ2n) is 9.80. The van der Waals surface area contributed by atoms with Gasteiger partial charge in [-0.25, -0.2) is 0 Å². The van der Waals surface area contributed by atoms with Crippen LogP contribution < -0.4 is 4.74 Å². The molecule has 30 heavy (non-hydrogen) atoms. The molecule has 1 saturated carbocycles. The maximum atomic E-state index is 12.1. The topological polar surface area (TPSA) is 35.9 Å². The molecular formula is C26H44N2O2. The molecule has 0 amide bonds. The van der Waals surface area contributed by atoms with Crippen molar-refractivity contribution >= 4 is 0 Å². The minimum atomic E-state index is -0.630. The largest absolute Gasteiger partial charge is 0.497 e.